The Morgan fingerprint density at radius 1 is 1.47 bits per heavy atom. The molecule has 2 N–H and O–H groups in total. The molecular formula is C13H20N2O3S. The van der Waals surface area contributed by atoms with Crippen LogP contribution in [0, 0.1) is 5.92 Å². The molecule has 2 unspecified atom stereocenters. The third-order valence-electron chi connectivity index (χ3n) is 3.11. The first-order valence-corrected chi connectivity index (χ1v) is 7.06. The number of nitrogens with zero attached hydrogens (tertiary/aromatic N) is 1. The third-order valence-corrected chi connectivity index (χ3v) is 4.05. The van der Waals surface area contributed by atoms with Crippen molar-refractivity contribution in [3.05, 3.63) is 22.4 Å². The van der Waals surface area contributed by atoms with Gasteiger partial charge in [0, 0.05) is 24.5 Å². The topological polar surface area (TPSA) is 69.6 Å². The van der Waals surface area contributed by atoms with Gasteiger partial charge in [0.2, 0.25) is 0 Å². The average Bonchev–Trinajstić information content (AvgIpc) is 2.87. The van der Waals surface area contributed by atoms with Crippen LogP contribution in [0.15, 0.2) is 17.5 Å². The fourth-order valence-corrected chi connectivity index (χ4v) is 2.18. The van der Waals surface area contributed by atoms with Crippen molar-refractivity contribution in [2.45, 2.75) is 26.3 Å². The van der Waals surface area contributed by atoms with Gasteiger partial charge in [-0.25, -0.2) is 4.79 Å². The second-order valence-electron chi connectivity index (χ2n) is 4.62. The first kappa shape index (κ1) is 15.5. The van der Waals surface area contributed by atoms with Crippen LogP contribution in [0.1, 0.15) is 18.7 Å². The number of amides is 2. The summed E-state index contributed by atoms with van der Waals surface area (Å²) in [7, 11) is 1.71. The predicted octanol–water partition coefficient (Wildman–Crippen LogP) is 2.04. The summed E-state index contributed by atoms with van der Waals surface area (Å²) in [5.74, 6) is -1.51. The van der Waals surface area contributed by atoms with Gasteiger partial charge in [0.05, 0.1) is 5.92 Å². The Balaban J connectivity index is 2.38. The number of carboxylic acid groups (broad SMARTS) is 1. The highest BCUT2D eigenvalue weighted by Gasteiger charge is 2.22. The van der Waals surface area contributed by atoms with Gasteiger partial charge in [0.15, 0.2) is 0 Å². The molecule has 2 amide bonds. The zero-order valence-electron chi connectivity index (χ0n) is 11.4. The van der Waals surface area contributed by atoms with E-state index in [0.717, 1.165) is 6.42 Å². The van der Waals surface area contributed by atoms with E-state index in [0.29, 0.717) is 6.54 Å². The summed E-state index contributed by atoms with van der Waals surface area (Å²) in [6.45, 7) is 3.89. The van der Waals surface area contributed by atoms with Gasteiger partial charge >= 0.3 is 12.0 Å². The van der Waals surface area contributed by atoms with Crippen LogP contribution >= 0.6 is 11.3 Å². The molecule has 1 aromatic rings. The molecule has 1 aromatic heterocycles. The van der Waals surface area contributed by atoms with Crippen LogP contribution < -0.4 is 5.32 Å². The standard InChI is InChI=1S/C13H20N2O3S/c1-9(12(16)17)10(2)14-13(18)15(3)7-6-11-5-4-8-19-11/h4-5,8-10H,6-7H2,1-3H3,(H,14,18)(H,16,17). The lowest BCUT2D eigenvalue weighted by Gasteiger charge is -2.23. The summed E-state index contributed by atoms with van der Waals surface area (Å²) in [5, 5.41) is 13.6. The Hall–Kier alpha value is -1.56. The fraction of sp³-hybridized carbons (Fsp3) is 0.538. The van der Waals surface area contributed by atoms with Crippen LogP contribution in [0.4, 0.5) is 4.79 Å². The van der Waals surface area contributed by atoms with Gasteiger partial charge in [0.25, 0.3) is 0 Å². The van der Waals surface area contributed by atoms with Gasteiger partial charge < -0.3 is 15.3 Å². The summed E-state index contributed by atoms with van der Waals surface area (Å²) in [6.07, 6.45) is 0.810. The number of nitrogens with one attached hydrogen (secondary N) is 1. The monoisotopic (exact) mass is 284 g/mol. The molecule has 0 saturated carbocycles. The normalized spacial score (nSPS) is 13.6. The van der Waals surface area contributed by atoms with Crippen molar-refractivity contribution < 1.29 is 14.7 Å². The van der Waals surface area contributed by atoms with E-state index in [1.807, 2.05) is 17.5 Å². The Labute approximate surface area is 117 Å². The van der Waals surface area contributed by atoms with Crippen molar-refractivity contribution in [2.75, 3.05) is 13.6 Å². The largest absolute Gasteiger partial charge is 0.481 e. The molecular weight excluding hydrogens is 264 g/mol. The number of carbonyl (C=O) groups excluding carboxylic acids is 1. The van der Waals surface area contributed by atoms with Crippen LogP contribution in [0.2, 0.25) is 0 Å². The van der Waals surface area contributed by atoms with Crippen molar-refractivity contribution in [3.8, 4) is 0 Å². The van der Waals surface area contributed by atoms with Crippen LogP contribution in [0.3, 0.4) is 0 Å². The highest BCUT2D eigenvalue weighted by atomic mass is 32.1. The van der Waals surface area contributed by atoms with Gasteiger partial charge in [0.1, 0.15) is 0 Å². The predicted molar refractivity (Wildman–Crippen MR) is 75.4 cm³/mol. The summed E-state index contributed by atoms with van der Waals surface area (Å²) in [6, 6.07) is 3.38. The smallest absolute Gasteiger partial charge is 0.317 e. The van der Waals surface area contributed by atoms with Crippen molar-refractivity contribution >= 4 is 23.3 Å². The number of hydrogen-bond donors (Lipinski definition) is 2. The van der Waals surface area contributed by atoms with Crippen LogP contribution in [-0.4, -0.2) is 41.6 Å². The van der Waals surface area contributed by atoms with E-state index in [4.69, 9.17) is 5.11 Å². The maximum absolute atomic E-state index is 11.9. The average molecular weight is 284 g/mol. The molecule has 0 spiro atoms. The second kappa shape index (κ2) is 7.13. The molecule has 1 heterocycles. The van der Waals surface area contributed by atoms with Gasteiger partial charge in [-0.2, -0.15) is 0 Å². The molecule has 5 nitrogen and oxygen atoms in total. The van der Waals surface area contributed by atoms with Crippen molar-refractivity contribution in [1.82, 2.24) is 10.2 Å². The van der Waals surface area contributed by atoms with Crippen molar-refractivity contribution in [2.24, 2.45) is 5.92 Å². The number of carbonyl (C=O) groups is 2. The molecule has 0 aromatic carbocycles. The van der Waals surface area contributed by atoms with Gasteiger partial charge in [-0.1, -0.05) is 6.07 Å². The number of carboxylic acids is 1. The molecule has 0 bridgehead atoms. The van der Waals surface area contributed by atoms with Gasteiger partial charge in [-0.05, 0) is 31.7 Å². The maximum Gasteiger partial charge on any atom is 0.317 e. The molecule has 0 aliphatic heterocycles. The molecule has 2 atom stereocenters. The van der Waals surface area contributed by atoms with Crippen molar-refractivity contribution in [3.63, 3.8) is 0 Å². The Kier molecular flexibility index (Phi) is 5.82. The lowest BCUT2D eigenvalue weighted by Crippen LogP contribution is -2.46. The lowest BCUT2D eigenvalue weighted by atomic mass is 10.0. The van der Waals surface area contributed by atoms with E-state index in [9.17, 15) is 9.59 Å². The molecule has 6 heteroatoms. The third kappa shape index (κ3) is 4.90. The minimum absolute atomic E-state index is 0.239. The Morgan fingerprint density at radius 3 is 2.68 bits per heavy atom. The Morgan fingerprint density at radius 2 is 2.16 bits per heavy atom. The van der Waals surface area contributed by atoms with Gasteiger partial charge in [-0.15, -0.1) is 11.3 Å². The van der Waals surface area contributed by atoms with E-state index in [1.165, 1.54) is 4.88 Å². The van der Waals surface area contributed by atoms with E-state index in [2.05, 4.69) is 5.32 Å². The first-order valence-electron chi connectivity index (χ1n) is 6.18. The molecule has 19 heavy (non-hydrogen) atoms. The zero-order valence-corrected chi connectivity index (χ0v) is 12.2. The fourth-order valence-electron chi connectivity index (χ4n) is 1.48. The quantitative estimate of drug-likeness (QED) is 0.840. The first-order chi connectivity index (χ1) is 8.91. The molecule has 1 rings (SSSR count). The Bertz CT molecular complexity index is 420. The number of likely N-dealkylation sites (N-methyl/N-ethyl adjacent to an activating group) is 1. The minimum atomic E-state index is -0.908. The highest BCUT2D eigenvalue weighted by molar-refractivity contribution is 7.09. The van der Waals surface area contributed by atoms with E-state index >= 15 is 0 Å². The van der Waals surface area contributed by atoms with E-state index in [1.54, 1.807) is 37.1 Å². The summed E-state index contributed by atoms with van der Waals surface area (Å²) < 4.78 is 0. The molecule has 106 valence electrons. The van der Waals surface area contributed by atoms with E-state index < -0.39 is 17.9 Å². The SMILES string of the molecule is CC(NC(=O)N(C)CCc1cccs1)C(C)C(=O)O. The van der Waals surface area contributed by atoms with Crippen LogP contribution in [0.25, 0.3) is 0 Å². The van der Waals surface area contributed by atoms with Gasteiger partial charge in [-0.3, -0.25) is 4.79 Å². The number of urea groups is 1. The maximum atomic E-state index is 11.9. The zero-order chi connectivity index (χ0) is 14.4. The van der Waals surface area contributed by atoms with E-state index in [-0.39, 0.29) is 6.03 Å². The van der Waals surface area contributed by atoms with Crippen molar-refractivity contribution in [1.29, 1.82) is 0 Å². The number of thiophene rings is 1. The summed E-state index contributed by atoms with van der Waals surface area (Å²) in [4.78, 5) is 25.5. The molecule has 0 aliphatic carbocycles. The molecule has 0 saturated heterocycles. The second-order valence-corrected chi connectivity index (χ2v) is 5.65. The number of hydrogen-bond acceptors (Lipinski definition) is 3. The number of aliphatic carboxylic acids is 1. The minimum Gasteiger partial charge on any atom is -0.481 e. The molecule has 0 radical (unpaired) electrons. The number of rotatable bonds is 6. The summed E-state index contributed by atoms with van der Waals surface area (Å²) in [5.41, 5.74) is 0. The van der Waals surface area contributed by atoms with Crippen LogP contribution in [0.5, 0.6) is 0 Å². The molecule has 0 fully saturated rings. The molecule has 0 aliphatic rings. The lowest BCUT2D eigenvalue weighted by molar-refractivity contribution is -0.141. The summed E-state index contributed by atoms with van der Waals surface area (Å²) >= 11 is 1.66. The van der Waals surface area contributed by atoms with Crippen LogP contribution in [-0.2, 0) is 11.2 Å². The highest BCUT2D eigenvalue weighted by Crippen LogP contribution is 2.09.